The summed E-state index contributed by atoms with van der Waals surface area (Å²) in [6.45, 7) is 2.01. The van der Waals surface area contributed by atoms with Gasteiger partial charge in [0.2, 0.25) is 0 Å². The number of hydrogen-bond acceptors (Lipinski definition) is 3. The molecular formula is C29H35N5O. The van der Waals surface area contributed by atoms with Gasteiger partial charge in [0.15, 0.2) is 5.96 Å². The van der Waals surface area contributed by atoms with Crippen molar-refractivity contribution in [3.05, 3.63) is 102 Å². The Balaban J connectivity index is 1.55. The highest BCUT2D eigenvalue weighted by atomic mass is 16.2. The SMILES string of the molecule is NC(N)=NCC1CCC(CN(CC(c2ccccc2)c2ccccn2)C(=O)c2ccccc2)CC1. The van der Waals surface area contributed by atoms with Crippen molar-refractivity contribution in [2.24, 2.45) is 28.3 Å². The molecule has 1 fully saturated rings. The Labute approximate surface area is 208 Å². The van der Waals surface area contributed by atoms with Crippen LogP contribution in [0.3, 0.4) is 0 Å². The molecule has 3 aromatic rings. The van der Waals surface area contributed by atoms with Crippen LogP contribution in [-0.2, 0) is 0 Å². The third-order valence-corrected chi connectivity index (χ3v) is 6.93. The maximum Gasteiger partial charge on any atom is 0.253 e. The Kier molecular flexibility index (Phi) is 8.49. The van der Waals surface area contributed by atoms with Crippen LogP contribution in [0.15, 0.2) is 90.1 Å². The molecule has 0 bridgehead atoms. The number of aliphatic imine (C=N–C) groups is 1. The van der Waals surface area contributed by atoms with E-state index in [1.165, 1.54) is 0 Å². The van der Waals surface area contributed by atoms with Crippen LogP contribution in [0.4, 0.5) is 0 Å². The van der Waals surface area contributed by atoms with E-state index in [-0.39, 0.29) is 17.8 Å². The van der Waals surface area contributed by atoms with E-state index in [2.05, 4.69) is 28.2 Å². The minimum atomic E-state index is 0.00303. The van der Waals surface area contributed by atoms with E-state index < -0.39 is 0 Å². The average molecular weight is 470 g/mol. The molecule has 1 atom stereocenters. The standard InChI is InChI=1S/C29H35N5O/c30-29(31)33-19-22-14-16-23(17-15-22)20-34(28(35)25-11-5-2-6-12-25)21-26(24-9-3-1-4-10-24)27-13-7-8-18-32-27/h1-13,18,22-23,26H,14-17,19-21H2,(H4,30,31,33). The first-order chi connectivity index (χ1) is 17.1. The number of aromatic nitrogens is 1. The average Bonchev–Trinajstić information content (AvgIpc) is 2.91. The number of nitrogens with zero attached hydrogens (tertiary/aromatic N) is 3. The first-order valence-corrected chi connectivity index (χ1v) is 12.5. The lowest BCUT2D eigenvalue weighted by atomic mass is 9.81. The van der Waals surface area contributed by atoms with Crippen molar-refractivity contribution in [2.45, 2.75) is 31.6 Å². The van der Waals surface area contributed by atoms with E-state index in [0.29, 0.717) is 24.9 Å². The fourth-order valence-electron chi connectivity index (χ4n) is 5.00. The number of hydrogen-bond donors (Lipinski definition) is 2. The maximum absolute atomic E-state index is 13.7. The Bertz CT molecular complexity index is 1040. The molecule has 4 rings (SSSR count). The summed E-state index contributed by atoms with van der Waals surface area (Å²) in [5.41, 5.74) is 13.9. The van der Waals surface area contributed by atoms with Crippen molar-refractivity contribution in [2.75, 3.05) is 19.6 Å². The highest BCUT2D eigenvalue weighted by molar-refractivity contribution is 5.94. The lowest BCUT2D eigenvalue weighted by Crippen LogP contribution is -2.39. The Morgan fingerprint density at radius 2 is 1.51 bits per heavy atom. The van der Waals surface area contributed by atoms with Gasteiger partial charge in [-0.1, -0.05) is 54.6 Å². The van der Waals surface area contributed by atoms with Gasteiger partial charge in [-0.2, -0.15) is 0 Å². The molecule has 0 spiro atoms. The molecular weight excluding hydrogens is 434 g/mol. The largest absolute Gasteiger partial charge is 0.370 e. The van der Waals surface area contributed by atoms with Gasteiger partial charge in [0.1, 0.15) is 0 Å². The number of carbonyl (C=O) groups excluding carboxylic acids is 1. The molecule has 0 radical (unpaired) electrons. The molecule has 1 amide bonds. The molecule has 35 heavy (non-hydrogen) atoms. The van der Waals surface area contributed by atoms with Crippen molar-refractivity contribution >= 4 is 11.9 Å². The van der Waals surface area contributed by atoms with Crippen LogP contribution in [0.25, 0.3) is 0 Å². The van der Waals surface area contributed by atoms with Gasteiger partial charge in [0.25, 0.3) is 5.91 Å². The third kappa shape index (κ3) is 6.92. The summed E-state index contributed by atoms with van der Waals surface area (Å²) in [4.78, 5) is 24.6. The van der Waals surface area contributed by atoms with E-state index in [0.717, 1.165) is 49.0 Å². The summed E-state index contributed by atoms with van der Waals surface area (Å²) in [6.07, 6.45) is 6.13. The number of guanidine groups is 1. The van der Waals surface area contributed by atoms with Crippen molar-refractivity contribution in [1.82, 2.24) is 9.88 Å². The molecule has 2 aromatic carbocycles. The number of pyridine rings is 1. The molecule has 1 aromatic heterocycles. The van der Waals surface area contributed by atoms with Crippen molar-refractivity contribution in [1.29, 1.82) is 0 Å². The van der Waals surface area contributed by atoms with Crippen LogP contribution >= 0.6 is 0 Å². The van der Waals surface area contributed by atoms with Crippen molar-refractivity contribution < 1.29 is 4.79 Å². The molecule has 6 nitrogen and oxygen atoms in total. The van der Waals surface area contributed by atoms with E-state index in [9.17, 15) is 4.79 Å². The predicted molar refractivity (Wildman–Crippen MR) is 141 cm³/mol. The molecule has 0 saturated heterocycles. The van der Waals surface area contributed by atoms with E-state index in [4.69, 9.17) is 11.5 Å². The topological polar surface area (TPSA) is 97.6 Å². The van der Waals surface area contributed by atoms with Gasteiger partial charge in [-0.25, -0.2) is 0 Å². The van der Waals surface area contributed by atoms with Gasteiger partial charge in [-0.05, 0) is 67.3 Å². The molecule has 182 valence electrons. The second kappa shape index (κ2) is 12.2. The molecule has 0 aliphatic heterocycles. The van der Waals surface area contributed by atoms with Crippen LogP contribution in [0, 0.1) is 11.8 Å². The maximum atomic E-state index is 13.7. The minimum absolute atomic E-state index is 0.00303. The Hall–Kier alpha value is -3.67. The third-order valence-electron chi connectivity index (χ3n) is 6.93. The number of amides is 1. The smallest absolute Gasteiger partial charge is 0.253 e. The van der Waals surface area contributed by atoms with Gasteiger partial charge in [0, 0.05) is 43.0 Å². The van der Waals surface area contributed by atoms with Crippen LogP contribution < -0.4 is 11.5 Å². The molecule has 1 aliphatic rings. The zero-order valence-corrected chi connectivity index (χ0v) is 20.2. The summed E-state index contributed by atoms with van der Waals surface area (Å²) in [7, 11) is 0. The predicted octanol–water partition coefficient (Wildman–Crippen LogP) is 4.44. The van der Waals surface area contributed by atoms with E-state index in [1.807, 2.05) is 71.8 Å². The van der Waals surface area contributed by atoms with Crippen molar-refractivity contribution in [3.8, 4) is 0 Å². The quantitative estimate of drug-likeness (QED) is 0.358. The van der Waals surface area contributed by atoms with Gasteiger partial charge in [-0.15, -0.1) is 0 Å². The van der Waals surface area contributed by atoms with Crippen LogP contribution in [0.5, 0.6) is 0 Å². The number of benzene rings is 2. The summed E-state index contributed by atoms with van der Waals surface area (Å²) in [5, 5.41) is 0. The van der Waals surface area contributed by atoms with Crippen molar-refractivity contribution in [3.63, 3.8) is 0 Å². The second-order valence-electron chi connectivity index (χ2n) is 9.45. The minimum Gasteiger partial charge on any atom is -0.370 e. The van der Waals surface area contributed by atoms with Crippen LogP contribution in [-0.4, -0.2) is 41.4 Å². The van der Waals surface area contributed by atoms with Gasteiger partial charge < -0.3 is 16.4 Å². The Morgan fingerprint density at radius 1 is 0.886 bits per heavy atom. The number of nitrogens with two attached hydrogens (primary N) is 2. The zero-order valence-electron chi connectivity index (χ0n) is 20.2. The van der Waals surface area contributed by atoms with Crippen LogP contribution in [0.2, 0.25) is 0 Å². The fourth-order valence-corrected chi connectivity index (χ4v) is 5.00. The molecule has 1 saturated carbocycles. The normalized spacial score (nSPS) is 18.4. The van der Waals surface area contributed by atoms with Gasteiger partial charge in [0.05, 0.1) is 0 Å². The number of rotatable bonds is 9. The first kappa shape index (κ1) is 24.5. The summed E-state index contributed by atoms with van der Waals surface area (Å²) in [5.74, 6) is 1.21. The molecule has 1 heterocycles. The first-order valence-electron chi connectivity index (χ1n) is 12.5. The van der Waals surface area contributed by atoms with Gasteiger partial charge in [-0.3, -0.25) is 14.8 Å². The highest BCUT2D eigenvalue weighted by Crippen LogP contribution is 2.31. The fraction of sp³-hybridized carbons (Fsp3) is 0.345. The monoisotopic (exact) mass is 469 g/mol. The lowest BCUT2D eigenvalue weighted by molar-refractivity contribution is 0.0699. The lowest BCUT2D eigenvalue weighted by Gasteiger charge is -2.34. The summed E-state index contributed by atoms with van der Waals surface area (Å²) in [6, 6.07) is 26.0. The second-order valence-corrected chi connectivity index (χ2v) is 9.45. The van der Waals surface area contributed by atoms with E-state index >= 15 is 0 Å². The van der Waals surface area contributed by atoms with Gasteiger partial charge >= 0.3 is 0 Å². The Morgan fingerprint density at radius 3 is 2.14 bits per heavy atom. The summed E-state index contributed by atoms with van der Waals surface area (Å²) >= 11 is 0. The summed E-state index contributed by atoms with van der Waals surface area (Å²) < 4.78 is 0. The molecule has 1 aliphatic carbocycles. The molecule has 1 unspecified atom stereocenters. The molecule has 6 heteroatoms. The highest BCUT2D eigenvalue weighted by Gasteiger charge is 2.28. The zero-order chi connectivity index (χ0) is 24.5. The van der Waals surface area contributed by atoms with E-state index in [1.54, 1.807) is 0 Å². The number of carbonyl (C=O) groups is 1. The van der Waals surface area contributed by atoms with Crippen LogP contribution in [0.1, 0.15) is 53.2 Å². The molecule has 4 N–H and O–H groups in total.